The molecule has 43 heavy (non-hydrogen) atoms. The molecule has 0 saturated carbocycles. The van der Waals surface area contributed by atoms with Gasteiger partial charge in [0.05, 0.1) is 6.61 Å². The van der Waals surface area contributed by atoms with Gasteiger partial charge in [-0.3, -0.25) is 4.52 Å². The lowest BCUT2D eigenvalue weighted by Crippen LogP contribution is -2.52. The van der Waals surface area contributed by atoms with Crippen molar-refractivity contribution in [2.75, 3.05) is 6.61 Å². The minimum absolute atomic E-state index is 0.336. The Morgan fingerprint density at radius 1 is 0.558 bits per heavy atom. The zero-order valence-electron chi connectivity index (χ0n) is 28.9. The summed E-state index contributed by atoms with van der Waals surface area (Å²) in [5.41, 5.74) is 2.43. The van der Waals surface area contributed by atoms with Crippen LogP contribution in [-0.2, 0) is 36.3 Å². The number of hydrogen-bond donors (Lipinski definition) is 4. The van der Waals surface area contributed by atoms with Gasteiger partial charge in [0, 0.05) is 5.41 Å². The molecule has 4 N–H and O–H groups in total. The number of rotatable bonds is 8. The molecule has 0 amide bonds. The molecule has 8 heteroatoms. The maximum atomic E-state index is 10.9. The van der Waals surface area contributed by atoms with Crippen LogP contribution in [0.4, 0.5) is 0 Å². The van der Waals surface area contributed by atoms with E-state index in [2.05, 4.69) is 135 Å². The summed E-state index contributed by atoms with van der Waals surface area (Å²) in [6.45, 7) is 38.4. The zero-order valence-corrected chi connectivity index (χ0v) is 30.7. The lowest BCUT2D eigenvalue weighted by molar-refractivity contribution is -0.0203. The van der Waals surface area contributed by atoms with Crippen molar-refractivity contribution in [3.05, 3.63) is 82.6 Å². The molecular formula is C35H56O6P2. The molecule has 0 aromatic heterocycles. The third-order valence-electron chi connectivity index (χ3n) is 7.92. The fourth-order valence-corrected chi connectivity index (χ4v) is 6.93. The van der Waals surface area contributed by atoms with Gasteiger partial charge in [0.1, 0.15) is 5.60 Å². The molecule has 242 valence electrons. The van der Waals surface area contributed by atoms with E-state index in [1.54, 1.807) is 0 Å². The van der Waals surface area contributed by atoms with Crippen LogP contribution in [0.1, 0.15) is 128 Å². The van der Waals surface area contributed by atoms with Crippen LogP contribution >= 0.6 is 17.2 Å². The minimum Gasteiger partial charge on any atom is -0.328 e. The summed E-state index contributed by atoms with van der Waals surface area (Å²) in [4.78, 5) is 41.7. The van der Waals surface area contributed by atoms with Crippen LogP contribution in [0.5, 0.6) is 0 Å². The number of aryl methyl sites for hydroxylation is 2. The van der Waals surface area contributed by atoms with Gasteiger partial charge in [-0.05, 0) is 82.7 Å². The second-order valence-corrected chi connectivity index (χ2v) is 17.8. The summed E-state index contributed by atoms with van der Waals surface area (Å²) in [6, 6.07) is 8.51. The van der Waals surface area contributed by atoms with Gasteiger partial charge in [-0.1, -0.05) is 118 Å². The summed E-state index contributed by atoms with van der Waals surface area (Å²) in [7, 11) is -5.75. The second kappa shape index (κ2) is 12.7. The normalized spacial score (nSPS) is 14.3. The molecule has 0 saturated heterocycles. The monoisotopic (exact) mass is 634 g/mol. The van der Waals surface area contributed by atoms with Gasteiger partial charge >= 0.3 is 17.2 Å². The third kappa shape index (κ3) is 8.27. The van der Waals surface area contributed by atoms with Gasteiger partial charge < -0.3 is 24.1 Å². The number of benzene rings is 2. The van der Waals surface area contributed by atoms with E-state index in [4.69, 9.17) is 9.05 Å². The van der Waals surface area contributed by atoms with Crippen molar-refractivity contribution < 1.29 is 28.6 Å². The number of hydrogen-bond acceptors (Lipinski definition) is 6. The van der Waals surface area contributed by atoms with Gasteiger partial charge in [0.15, 0.2) is 0 Å². The molecule has 2 radical (unpaired) electrons. The Labute approximate surface area is 264 Å². The van der Waals surface area contributed by atoms with Crippen molar-refractivity contribution in [3.63, 3.8) is 0 Å². The van der Waals surface area contributed by atoms with Crippen molar-refractivity contribution in [2.24, 2.45) is 5.41 Å². The van der Waals surface area contributed by atoms with E-state index >= 15 is 0 Å². The Bertz CT molecular complexity index is 1130. The first-order valence-electron chi connectivity index (χ1n) is 14.8. The van der Waals surface area contributed by atoms with Crippen LogP contribution in [0, 0.1) is 33.1 Å². The van der Waals surface area contributed by atoms with Gasteiger partial charge in [-0.25, -0.2) is 0 Å². The highest BCUT2D eigenvalue weighted by molar-refractivity contribution is 7.39. The fourth-order valence-electron chi connectivity index (χ4n) is 5.95. The summed E-state index contributed by atoms with van der Waals surface area (Å²) in [6.07, 6.45) is 0. The predicted octanol–water partition coefficient (Wildman–Crippen LogP) is 8.85. The van der Waals surface area contributed by atoms with Gasteiger partial charge in [0.2, 0.25) is 0 Å². The van der Waals surface area contributed by atoms with E-state index in [9.17, 15) is 19.6 Å². The molecule has 0 aliphatic rings. The molecule has 0 spiro atoms. The van der Waals surface area contributed by atoms with Crippen LogP contribution in [0.3, 0.4) is 0 Å². The molecule has 0 bridgehead atoms. The second-order valence-electron chi connectivity index (χ2n) is 16.3. The quantitative estimate of drug-likeness (QED) is 0.217. The summed E-state index contributed by atoms with van der Waals surface area (Å²) in [5, 5.41) is 0. The van der Waals surface area contributed by atoms with Crippen molar-refractivity contribution >= 4 is 17.2 Å². The Hall–Kier alpha value is -0.940. The topological polar surface area (TPSA) is 99.4 Å². The first-order valence-corrected chi connectivity index (χ1v) is 17.1. The molecule has 2 rings (SSSR count). The van der Waals surface area contributed by atoms with Gasteiger partial charge in [-0.15, -0.1) is 0 Å². The van der Waals surface area contributed by atoms with Crippen LogP contribution in [0.25, 0.3) is 0 Å². The highest BCUT2D eigenvalue weighted by Gasteiger charge is 2.58. The average molecular weight is 635 g/mol. The molecule has 0 heterocycles. The Kier molecular flexibility index (Phi) is 11.3. The minimum atomic E-state index is -2.99. The summed E-state index contributed by atoms with van der Waals surface area (Å²) < 4.78 is 12.1. The van der Waals surface area contributed by atoms with Crippen molar-refractivity contribution in [1.29, 1.82) is 0 Å². The molecule has 2 aromatic carbocycles. The maximum absolute atomic E-state index is 10.9. The van der Waals surface area contributed by atoms with E-state index in [1.165, 1.54) is 0 Å². The molecule has 0 unspecified atom stereocenters. The molecule has 6 nitrogen and oxygen atoms in total. The predicted molar refractivity (Wildman–Crippen MR) is 181 cm³/mol. The third-order valence-corrected chi connectivity index (χ3v) is 8.72. The largest absolute Gasteiger partial charge is 0.328 e. The fraction of sp³-hybridized carbons (Fsp3) is 0.600. The molecule has 2 aromatic rings. The Morgan fingerprint density at radius 2 is 0.837 bits per heavy atom. The van der Waals surface area contributed by atoms with E-state index < -0.39 is 49.9 Å². The Morgan fingerprint density at radius 3 is 1.05 bits per heavy atom. The van der Waals surface area contributed by atoms with Crippen molar-refractivity contribution in [1.82, 2.24) is 0 Å². The standard InChI is InChI=1S/C35H56O6P2/c1-22-17-24(30(3,4)5)28(25(18-22)31(6,7)8)35(41-43(38)39,34(15,16)21-40-42(36)37)29-26(32(9,10)11)19-23(2)20-27(29)33(12,13)14/h17-20,36-39H,15-16,21H2,1-14H3. The van der Waals surface area contributed by atoms with E-state index in [1.807, 2.05) is 0 Å². The Balaban J connectivity index is 3.63. The highest BCUT2D eigenvalue weighted by atomic mass is 31.2. The van der Waals surface area contributed by atoms with Crippen LogP contribution in [-0.4, -0.2) is 26.2 Å². The lowest BCUT2D eigenvalue weighted by atomic mass is 9.57. The van der Waals surface area contributed by atoms with Crippen LogP contribution in [0.15, 0.2) is 24.3 Å². The van der Waals surface area contributed by atoms with Gasteiger partial charge in [-0.2, -0.15) is 0 Å². The van der Waals surface area contributed by atoms with E-state index in [0.29, 0.717) is 0 Å². The molecule has 0 aliphatic heterocycles. The SMILES string of the molecule is [CH2]C([CH2])(COP(O)O)C(OP(O)O)(c1c(C(C)(C)C)cc(C)cc1C(C)(C)C)c1c(C(C)(C)C)cc(C)cc1C(C)(C)C. The van der Waals surface area contributed by atoms with Crippen molar-refractivity contribution in [3.8, 4) is 0 Å². The van der Waals surface area contributed by atoms with E-state index in [-0.39, 0.29) is 6.61 Å². The first kappa shape index (κ1) is 38.2. The smallest absolute Gasteiger partial charge is 0.328 e. The van der Waals surface area contributed by atoms with Crippen LogP contribution in [0.2, 0.25) is 0 Å². The van der Waals surface area contributed by atoms with Crippen molar-refractivity contribution in [2.45, 2.75) is 124 Å². The van der Waals surface area contributed by atoms with E-state index in [0.717, 1.165) is 44.5 Å². The lowest BCUT2D eigenvalue weighted by Gasteiger charge is -2.53. The van der Waals surface area contributed by atoms with Crippen LogP contribution < -0.4 is 0 Å². The maximum Gasteiger partial charge on any atom is 0.328 e. The average Bonchev–Trinajstić information content (AvgIpc) is 2.78. The molecule has 0 aliphatic carbocycles. The molecular weight excluding hydrogens is 578 g/mol. The summed E-state index contributed by atoms with van der Waals surface area (Å²) >= 11 is 0. The summed E-state index contributed by atoms with van der Waals surface area (Å²) in [5.74, 6) is 0. The molecule has 0 atom stereocenters. The van der Waals surface area contributed by atoms with Gasteiger partial charge in [0.25, 0.3) is 0 Å². The first-order chi connectivity index (χ1) is 19.1. The zero-order chi connectivity index (χ0) is 33.7. The molecule has 0 fully saturated rings. The highest BCUT2D eigenvalue weighted by Crippen LogP contribution is 2.61.